The third kappa shape index (κ3) is 3.61. The summed E-state index contributed by atoms with van der Waals surface area (Å²) >= 11 is 3.84. The molecule has 0 aliphatic carbocycles. The monoisotopic (exact) mass is 355 g/mol. The predicted molar refractivity (Wildman–Crippen MR) is 59.4 cm³/mol. The summed E-state index contributed by atoms with van der Waals surface area (Å²) in [5.74, 6) is -3.43. The van der Waals surface area contributed by atoms with Gasteiger partial charge in [0.05, 0.1) is 9.83 Å². The second-order valence-corrected chi connectivity index (χ2v) is 5.96. The minimum Gasteiger partial charge on any atom is -0.312 e. The van der Waals surface area contributed by atoms with Gasteiger partial charge in [-0.2, -0.15) is 26.3 Å². The van der Waals surface area contributed by atoms with Gasteiger partial charge in [-0.05, 0) is 35.1 Å². The molecule has 0 aromatic carbocycles. The Hall–Kier alpha value is -0.280. The zero-order valence-corrected chi connectivity index (χ0v) is 11.3. The average molecular weight is 356 g/mol. The van der Waals surface area contributed by atoms with E-state index >= 15 is 0 Å². The largest absolute Gasteiger partial charge is 0.402 e. The van der Waals surface area contributed by atoms with Crippen LogP contribution in [0.3, 0.4) is 0 Å². The molecular weight excluding hydrogens is 348 g/mol. The highest BCUT2D eigenvalue weighted by molar-refractivity contribution is 9.11. The number of rotatable bonds is 3. The molecule has 0 aliphatic rings. The van der Waals surface area contributed by atoms with Crippen molar-refractivity contribution >= 4 is 27.3 Å². The van der Waals surface area contributed by atoms with Crippen molar-refractivity contribution in [2.24, 2.45) is 5.92 Å². The summed E-state index contributed by atoms with van der Waals surface area (Å²) in [7, 11) is 1.07. The Morgan fingerprint density at radius 1 is 1.11 bits per heavy atom. The van der Waals surface area contributed by atoms with Crippen LogP contribution in [-0.2, 0) is 0 Å². The van der Waals surface area contributed by atoms with Crippen molar-refractivity contribution in [3.63, 3.8) is 0 Å². The van der Waals surface area contributed by atoms with E-state index in [1.165, 1.54) is 12.1 Å². The normalized spacial score (nSPS) is 15.2. The van der Waals surface area contributed by atoms with Crippen LogP contribution in [0.15, 0.2) is 15.9 Å². The van der Waals surface area contributed by atoms with Crippen molar-refractivity contribution < 1.29 is 26.3 Å². The third-order valence-electron chi connectivity index (χ3n) is 2.25. The smallest absolute Gasteiger partial charge is 0.312 e. The fourth-order valence-electron chi connectivity index (χ4n) is 1.53. The van der Waals surface area contributed by atoms with Crippen LogP contribution in [0, 0.1) is 5.92 Å². The summed E-state index contributed by atoms with van der Waals surface area (Å²) in [6.45, 7) is 0. The van der Waals surface area contributed by atoms with Crippen LogP contribution in [0.1, 0.15) is 10.9 Å². The van der Waals surface area contributed by atoms with E-state index in [-0.39, 0.29) is 4.88 Å². The molecule has 0 spiro atoms. The zero-order valence-electron chi connectivity index (χ0n) is 8.86. The lowest BCUT2D eigenvalue weighted by Crippen LogP contribution is -2.44. The molecule has 1 rings (SSSR count). The molecule has 1 atom stereocenters. The molecular formula is C9H8BrF6NS. The topological polar surface area (TPSA) is 12.0 Å². The average Bonchev–Trinajstić information content (AvgIpc) is 2.56. The van der Waals surface area contributed by atoms with Crippen molar-refractivity contribution in [3.8, 4) is 0 Å². The highest BCUT2D eigenvalue weighted by Crippen LogP contribution is 2.47. The van der Waals surface area contributed by atoms with E-state index in [1.54, 1.807) is 0 Å². The fourth-order valence-corrected chi connectivity index (χ4v) is 3.10. The first kappa shape index (κ1) is 15.8. The van der Waals surface area contributed by atoms with Gasteiger partial charge in [0.1, 0.15) is 0 Å². The molecule has 18 heavy (non-hydrogen) atoms. The summed E-state index contributed by atoms with van der Waals surface area (Å²) < 4.78 is 75.9. The van der Waals surface area contributed by atoms with Gasteiger partial charge in [0.2, 0.25) is 0 Å². The standard InChI is InChI=1S/C9H8BrF6NS/c1-17-6(4-2-3-5(10)18-4)7(8(11,12)13)9(14,15)16/h2-3,6-7,17H,1H3. The number of hydrogen-bond donors (Lipinski definition) is 1. The summed E-state index contributed by atoms with van der Waals surface area (Å²) in [5.41, 5.74) is 0. The van der Waals surface area contributed by atoms with Gasteiger partial charge in [-0.15, -0.1) is 11.3 Å². The van der Waals surface area contributed by atoms with Crippen LogP contribution >= 0.6 is 27.3 Å². The molecule has 0 saturated heterocycles. The summed E-state index contributed by atoms with van der Waals surface area (Å²) in [6.07, 6.45) is -10.7. The number of thiophene rings is 1. The van der Waals surface area contributed by atoms with Gasteiger partial charge in [0, 0.05) is 4.88 Å². The Balaban J connectivity index is 3.18. The Morgan fingerprint density at radius 3 is 1.89 bits per heavy atom. The molecule has 0 radical (unpaired) electrons. The molecule has 0 saturated carbocycles. The van der Waals surface area contributed by atoms with Gasteiger partial charge in [-0.25, -0.2) is 0 Å². The first-order valence-electron chi connectivity index (χ1n) is 4.63. The first-order chi connectivity index (χ1) is 8.07. The second-order valence-electron chi connectivity index (χ2n) is 3.47. The minimum absolute atomic E-state index is 0.0241. The van der Waals surface area contributed by atoms with Crippen molar-refractivity contribution in [2.45, 2.75) is 18.4 Å². The highest BCUT2D eigenvalue weighted by Gasteiger charge is 2.60. The Labute approximate surface area is 111 Å². The molecule has 0 amide bonds. The SMILES string of the molecule is CNC(c1ccc(Br)s1)C(C(F)(F)F)C(F)(F)F. The van der Waals surface area contributed by atoms with Crippen LogP contribution in [-0.4, -0.2) is 19.4 Å². The van der Waals surface area contributed by atoms with Gasteiger partial charge in [-0.1, -0.05) is 0 Å². The van der Waals surface area contributed by atoms with Crippen molar-refractivity contribution in [1.29, 1.82) is 0 Å². The lowest BCUT2D eigenvalue weighted by atomic mass is 9.97. The van der Waals surface area contributed by atoms with Crippen LogP contribution < -0.4 is 5.32 Å². The number of halogens is 7. The predicted octanol–water partition coefficient (Wildman–Crippen LogP) is 4.51. The molecule has 1 heterocycles. The summed E-state index contributed by atoms with van der Waals surface area (Å²) in [5, 5.41) is 2.09. The molecule has 1 aromatic rings. The van der Waals surface area contributed by atoms with E-state index < -0.39 is 24.3 Å². The quantitative estimate of drug-likeness (QED) is 0.786. The lowest BCUT2D eigenvalue weighted by molar-refractivity contribution is -0.292. The van der Waals surface area contributed by atoms with E-state index in [2.05, 4.69) is 21.2 Å². The lowest BCUT2D eigenvalue weighted by Gasteiger charge is -2.29. The van der Waals surface area contributed by atoms with E-state index in [0.29, 0.717) is 3.79 Å². The van der Waals surface area contributed by atoms with Gasteiger partial charge < -0.3 is 5.32 Å². The maximum absolute atomic E-state index is 12.6. The maximum atomic E-state index is 12.6. The molecule has 1 nitrogen and oxygen atoms in total. The summed E-state index contributed by atoms with van der Waals surface area (Å²) in [4.78, 5) is -0.0241. The van der Waals surface area contributed by atoms with Crippen molar-refractivity contribution in [3.05, 3.63) is 20.8 Å². The summed E-state index contributed by atoms with van der Waals surface area (Å²) in [6, 6.07) is 0.801. The first-order valence-corrected chi connectivity index (χ1v) is 6.24. The third-order valence-corrected chi connectivity index (χ3v) is 3.96. The molecule has 104 valence electrons. The second kappa shape index (κ2) is 5.38. The maximum Gasteiger partial charge on any atom is 0.402 e. The highest BCUT2D eigenvalue weighted by atomic mass is 79.9. The Morgan fingerprint density at radius 2 is 1.61 bits per heavy atom. The minimum atomic E-state index is -5.36. The number of nitrogens with one attached hydrogen (secondary N) is 1. The molecule has 1 aromatic heterocycles. The van der Waals surface area contributed by atoms with Gasteiger partial charge >= 0.3 is 12.4 Å². The van der Waals surface area contributed by atoms with Gasteiger partial charge in [-0.3, -0.25) is 0 Å². The van der Waals surface area contributed by atoms with E-state index in [4.69, 9.17) is 0 Å². The Kier molecular flexibility index (Phi) is 4.71. The molecule has 0 bridgehead atoms. The van der Waals surface area contributed by atoms with Gasteiger partial charge in [0.15, 0.2) is 5.92 Å². The van der Waals surface area contributed by atoms with Crippen LogP contribution in [0.25, 0.3) is 0 Å². The molecule has 0 aliphatic heterocycles. The van der Waals surface area contributed by atoms with E-state index in [1.807, 2.05) is 0 Å². The fraction of sp³-hybridized carbons (Fsp3) is 0.556. The van der Waals surface area contributed by atoms with Gasteiger partial charge in [0.25, 0.3) is 0 Å². The van der Waals surface area contributed by atoms with E-state index in [0.717, 1.165) is 18.4 Å². The van der Waals surface area contributed by atoms with E-state index in [9.17, 15) is 26.3 Å². The molecule has 1 unspecified atom stereocenters. The van der Waals surface area contributed by atoms with Crippen LogP contribution in [0.2, 0.25) is 0 Å². The Bertz CT molecular complexity index is 384. The molecule has 1 N–H and O–H groups in total. The molecule has 0 fully saturated rings. The number of hydrogen-bond acceptors (Lipinski definition) is 2. The van der Waals surface area contributed by atoms with Crippen LogP contribution in [0.4, 0.5) is 26.3 Å². The van der Waals surface area contributed by atoms with Crippen LogP contribution in [0.5, 0.6) is 0 Å². The number of alkyl halides is 6. The van der Waals surface area contributed by atoms with Crippen molar-refractivity contribution in [2.75, 3.05) is 7.05 Å². The molecule has 9 heteroatoms. The van der Waals surface area contributed by atoms with Crippen molar-refractivity contribution in [1.82, 2.24) is 5.32 Å². The zero-order chi connectivity index (χ0) is 14.1.